The van der Waals surface area contributed by atoms with Crippen molar-refractivity contribution in [3.05, 3.63) is 54.3 Å². The molecule has 1 N–H and O–H groups in total. The number of carbonyl (C=O) groups is 1. The van der Waals surface area contributed by atoms with E-state index < -0.39 is 38.1 Å². The highest BCUT2D eigenvalue weighted by Crippen LogP contribution is 2.17. The van der Waals surface area contributed by atoms with Gasteiger partial charge in [0, 0.05) is 19.0 Å². The van der Waals surface area contributed by atoms with Crippen LogP contribution in [0.25, 0.3) is 0 Å². The minimum atomic E-state index is -3.96. The van der Waals surface area contributed by atoms with Crippen LogP contribution in [0.15, 0.2) is 58.3 Å². The van der Waals surface area contributed by atoms with E-state index in [0.717, 1.165) is 34.8 Å². The summed E-state index contributed by atoms with van der Waals surface area (Å²) in [6, 6.07) is 9.85. The van der Waals surface area contributed by atoms with Gasteiger partial charge in [-0.05, 0) is 42.5 Å². The van der Waals surface area contributed by atoms with Crippen molar-refractivity contribution >= 4 is 31.5 Å². The summed E-state index contributed by atoms with van der Waals surface area (Å²) in [5.41, 5.74) is 0.227. The lowest BCUT2D eigenvalue weighted by molar-refractivity contribution is -0.116. The first-order chi connectivity index (χ1) is 12.0. The van der Waals surface area contributed by atoms with Crippen molar-refractivity contribution in [2.24, 2.45) is 0 Å². The molecule has 0 aliphatic rings. The van der Waals surface area contributed by atoms with Crippen molar-refractivity contribution in [3.8, 4) is 0 Å². The van der Waals surface area contributed by atoms with Gasteiger partial charge in [-0.1, -0.05) is 6.07 Å². The zero-order valence-corrected chi connectivity index (χ0v) is 15.6. The molecule has 10 heteroatoms. The lowest BCUT2D eigenvalue weighted by atomic mass is 10.3. The number of sulfone groups is 1. The molecular formula is C16H17FN2O5S2. The van der Waals surface area contributed by atoms with Crippen LogP contribution in [-0.2, 0) is 24.7 Å². The van der Waals surface area contributed by atoms with Gasteiger partial charge >= 0.3 is 0 Å². The molecule has 0 saturated heterocycles. The van der Waals surface area contributed by atoms with Gasteiger partial charge in [-0.2, -0.15) is 4.31 Å². The van der Waals surface area contributed by atoms with E-state index >= 15 is 0 Å². The molecule has 2 rings (SSSR count). The molecule has 0 unspecified atom stereocenters. The zero-order valence-electron chi connectivity index (χ0n) is 14.0. The van der Waals surface area contributed by atoms with Gasteiger partial charge in [0.15, 0.2) is 9.84 Å². The van der Waals surface area contributed by atoms with Crippen LogP contribution in [0.4, 0.5) is 10.1 Å². The number of rotatable bonds is 6. The number of anilines is 1. The van der Waals surface area contributed by atoms with E-state index in [4.69, 9.17) is 0 Å². The molecule has 0 atom stereocenters. The maximum Gasteiger partial charge on any atom is 0.243 e. The number of sulfonamides is 1. The minimum Gasteiger partial charge on any atom is -0.325 e. The Morgan fingerprint density at radius 2 is 1.65 bits per heavy atom. The van der Waals surface area contributed by atoms with Crippen LogP contribution >= 0.6 is 0 Å². The summed E-state index contributed by atoms with van der Waals surface area (Å²) < 4.78 is 61.5. The average molecular weight is 400 g/mol. The van der Waals surface area contributed by atoms with Crippen molar-refractivity contribution in [2.45, 2.75) is 9.79 Å². The Morgan fingerprint density at radius 3 is 2.23 bits per heavy atom. The Labute approximate surface area is 151 Å². The monoisotopic (exact) mass is 400 g/mol. The summed E-state index contributed by atoms with van der Waals surface area (Å²) in [6.07, 6.45) is 1.04. The Kier molecular flexibility index (Phi) is 5.79. The first kappa shape index (κ1) is 20.0. The molecule has 0 heterocycles. The Bertz CT molecular complexity index is 1020. The molecule has 2 aromatic carbocycles. The normalized spacial score (nSPS) is 12.2. The number of hydrogen-bond donors (Lipinski definition) is 1. The fourth-order valence-corrected chi connectivity index (χ4v) is 3.87. The predicted molar refractivity (Wildman–Crippen MR) is 94.4 cm³/mol. The Hall–Kier alpha value is -2.30. The van der Waals surface area contributed by atoms with Crippen molar-refractivity contribution in [1.82, 2.24) is 4.31 Å². The van der Waals surface area contributed by atoms with Gasteiger partial charge in [0.1, 0.15) is 5.82 Å². The molecule has 1 amide bonds. The molecule has 0 aliphatic heterocycles. The van der Waals surface area contributed by atoms with Gasteiger partial charge in [-0.25, -0.2) is 21.2 Å². The standard InChI is InChI=1S/C16H17FN2O5S2/c1-19(26(23,24)14-8-6-12(17)7-9-14)11-16(20)18-13-4-3-5-15(10-13)25(2,21)22/h3-10H,11H2,1-2H3,(H,18,20). The molecule has 0 spiro atoms. The third-order valence-electron chi connectivity index (χ3n) is 3.43. The second-order valence-electron chi connectivity index (χ2n) is 5.56. The summed E-state index contributed by atoms with van der Waals surface area (Å²) in [7, 11) is -6.19. The Morgan fingerprint density at radius 1 is 1.04 bits per heavy atom. The average Bonchev–Trinajstić information content (AvgIpc) is 2.54. The maximum absolute atomic E-state index is 12.9. The first-order valence-electron chi connectivity index (χ1n) is 7.32. The first-order valence-corrected chi connectivity index (χ1v) is 10.7. The third kappa shape index (κ3) is 4.87. The number of halogens is 1. The molecule has 0 radical (unpaired) electrons. The molecule has 140 valence electrons. The number of benzene rings is 2. The van der Waals surface area contributed by atoms with Gasteiger partial charge in [-0.3, -0.25) is 4.79 Å². The summed E-state index contributed by atoms with van der Waals surface area (Å²) in [5.74, 6) is -1.22. The molecule has 0 fully saturated rings. The second kappa shape index (κ2) is 7.52. The Balaban J connectivity index is 2.11. The fraction of sp³-hybridized carbons (Fsp3) is 0.188. The molecule has 2 aromatic rings. The van der Waals surface area contributed by atoms with Crippen molar-refractivity contribution in [1.29, 1.82) is 0 Å². The van der Waals surface area contributed by atoms with E-state index in [-0.39, 0.29) is 15.5 Å². The minimum absolute atomic E-state index is 0.0302. The zero-order chi connectivity index (χ0) is 19.5. The highest BCUT2D eigenvalue weighted by Gasteiger charge is 2.23. The van der Waals surface area contributed by atoms with Crippen LogP contribution in [0.5, 0.6) is 0 Å². The number of hydrogen-bond acceptors (Lipinski definition) is 5. The van der Waals surface area contributed by atoms with E-state index in [1.807, 2.05) is 0 Å². The second-order valence-corrected chi connectivity index (χ2v) is 9.62. The van der Waals surface area contributed by atoms with Gasteiger partial charge in [0.2, 0.25) is 15.9 Å². The lowest BCUT2D eigenvalue weighted by Gasteiger charge is -2.17. The van der Waals surface area contributed by atoms with Crippen LogP contribution in [-0.4, -0.2) is 46.9 Å². The van der Waals surface area contributed by atoms with Crippen LogP contribution in [0.3, 0.4) is 0 Å². The van der Waals surface area contributed by atoms with E-state index in [1.54, 1.807) is 0 Å². The highest BCUT2D eigenvalue weighted by atomic mass is 32.2. The lowest BCUT2D eigenvalue weighted by Crippen LogP contribution is -2.35. The van der Waals surface area contributed by atoms with Crippen molar-refractivity contribution in [3.63, 3.8) is 0 Å². The number of amides is 1. The van der Waals surface area contributed by atoms with Crippen LogP contribution in [0.2, 0.25) is 0 Å². The molecule has 0 bridgehead atoms. The summed E-state index contributed by atoms with van der Waals surface area (Å²) in [4.78, 5) is 12.0. The van der Waals surface area contributed by atoms with E-state index in [1.165, 1.54) is 31.3 Å². The third-order valence-corrected chi connectivity index (χ3v) is 6.36. The summed E-state index contributed by atoms with van der Waals surface area (Å²) in [6.45, 7) is -0.497. The fourth-order valence-electron chi connectivity index (χ4n) is 2.08. The predicted octanol–water partition coefficient (Wildman–Crippen LogP) is 1.49. The van der Waals surface area contributed by atoms with Crippen LogP contribution in [0, 0.1) is 5.82 Å². The number of likely N-dealkylation sites (N-methyl/N-ethyl adjacent to an activating group) is 1. The molecule has 7 nitrogen and oxygen atoms in total. The summed E-state index contributed by atoms with van der Waals surface area (Å²) in [5, 5.41) is 2.45. The van der Waals surface area contributed by atoms with E-state index in [9.17, 15) is 26.0 Å². The topological polar surface area (TPSA) is 101 Å². The van der Waals surface area contributed by atoms with Crippen LogP contribution in [0.1, 0.15) is 0 Å². The van der Waals surface area contributed by atoms with E-state index in [0.29, 0.717) is 0 Å². The van der Waals surface area contributed by atoms with E-state index in [2.05, 4.69) is 5.32 Å². The van der Waals surface area contributed by atoms with Gasteiger partial charge in [-0.15, -0.1) is 0 Å². The number of carbonyl (C=O) groups excluding carboxylic acids is 1. The van der Waals surface area contributed by atoms with Crippen molar-refractivity contribution in [2.75, 3.05) is 25.2 Å². The van der Waals surface area contributed by atoms with Gasteiger partial charge < -0.3 is 5.32 Å². The summed E-state index contributed by atoms with van der Waals surface area (Å²) >= 11 is 0. The quantitative estimate of drug-likeness (QED) is 0.792. The van der Waals surface area contributed by atoms with Gasteiger partial charge in [0.05, 0.1) is 16.3 Å². The van der Waals surface area contributed by atoms with Crippen molar-refractivity contribution < 1.29 is 26.0 Å². The molecule has 26 heavy (non-hydrogen) atoms. The largest absolute Gasteiger partial charge is 0.325 e. The molecule has 0 aromatic heterocycles. The number of nitrogens with one attached hydrogen (secondary N) is 1. The number of nitrogens with zero attached hydrogens (tertiary/aromatic N) is 1. The molecule has 0 aliphatic carbocycles. The maximum atomic E-state index is 12.9. The molecule has 0 saturated carbocycles. The smallest absolute Gasteiger partial charge is 0.243 e. The molecular weight excluding hydrogens is 383 g/mol. The SMILES string of the molecule is CN(CC(=O)Nc1cccc(S(C)(=O)=O)c1)S(=O)(=O)c1ccc(F)cc1. The van der Waals surface area contributed by atoms with Crippen LogP contribution < -0.4 is 5.32 Å². The highest BCUT2D eigenvalue weighted by molar-refractivity contribution is 7.90. The van der Waals surface area contributed by atoms with Gasteiger partial charge in [0.25, 0.3) is 0 Å².